The van der Waals surface area contributed by atoms with E-state index in [0.29, 0.717) is 18.9 Å². The summed E-state index contributed by atoms with van der Waals surface area (Å²) < 4.78 is 11.0. The average Bonchev–Trinajstić information content (AvgIpc) is 3.23. The van der Waals surface area contributed by atoms with Crippen LogP contribution in [0.5, 0.6) is 0 Å². The minimum Gasteiger partial charge on any atom is -0.444 e. The predicted molar refractivity (Wildman–Crippen MR) is 86.7 cm³/mol. The normalized spacial score (nSPS) is 17.3. The number of amides is 1. The van der Waals surface area contributed by atoms with Gasteiger partial charge in [0.05, 0.1) is 18.3 Å². The quantitative estimate of drug-likeness (QED) is 0.889. The molecule has 0 spiro atoms. The smallest absolute Gasteiger partial charge is 0.226 e. The number of carbonyl (C=O) groups is 1. The SMILES string of the molecule is Cc1ccc(-c2nc(CNC(=O)CCC3CCCO3)co2)cc1. The molecule has 122 valence electrons. The van der Waals surface area contributed by atoms with Crippen molar-refractivity contribution in [1.29, 1.82) is 0 Å². The van der Waals surface area contributed by atoms with Crippen molar-refractivity contribution in [2.45, 2.75) is 45.3 Å². The first-order valence-electron chi connectivity index (χ1n) is 8.10. The first-order valence-corrected chi connectivity index (χ1v) is 8.10. The molecule has 5 nitrogen and oxygen atoms in total. The molecule has 1 aliphatic rings. The molecular weight excluding hydrogens is 292 g/mol. The Morgan fingerprint density at radius 1 is 1.35 bits per heavy atom. The number of rotatable bonds is 6. The molecule has 5 heteroatoms. The van der Waals surface area contributed by atoms with Crippen LogP contribution in [0.25, 0.3) is 11.5 Å². The van der Waals surface area contributed by atoms with Crippen LogP contribution in [-0.4, -0.2) is 23.6 Å². The molecule has 1 N–H and O–H groups in total. The van der Waals surface area contributed by atoms with Crippen LogP contribution in [0, 0.1) is 6.92 Å². The fourth-order valence-corrected chi connectivity index (χ4v) is 2.66. The van der Waals surface area contributed by atoms with Crippen LogP contribution < -0.4 is 5.32 Å². The fraction of sp³-hybridized carbons (Fsp3) is 0.444. The maximum absolute atomic E-state index is 11.9. The van der Waals surface area contributed by atoms with Gasteiger partial charge >= 0.3 is 0 Å². The van der Waals surface area contributed by atoms with E-state index in [4.69, 9.17) is 9.15 Å². The van der Waals surface area contributed by atoms with E-state index >= 15 is 0 Å². The van der Waals surface area contributed by atoms with Gasteiger partial charge in [0.25, 0.3) is 0 Å². The summed E-state index contributed by atoms with van der Waals surface area (Å²) in [5.74, 6) is 0.606. The van der Waals surface area contributed by atoms with E-state index in [2.05, 4.69) is 10.3 Å². The number of carbonyl (C=O) groups excluding carboxylic acids is 1. The minimum absolute atomic E-state index is 0.0281. The van der Waals surface area contributed by atoms with Crippen LogP contribution in [0.1, 0.15) is 36.9 Å². The second-order valence-electron chi connectivity index (χ2n) is 5.96. The van der Waals surface area contributed by atoms with Gasteiger partial charge in [-0.25, -0.2) is 4.98 Å². The largest absolute Gasteiger partial charge is 0.444 e. The Hall–Kier alpha value is -2.14. The standard InChI is InChI=1S/C18H22N2O3/c1-13-4-6-14(7-5-13)18-20-15(12-23-18)11-19-17(21)9-8-16-3-2-10-22-16/h4-7,12,16H,2-3,8-11H2,1H3,(H,19,21). The third-order valence-corrected chi connectivity index (χ3v) is 4.03. The summed E-state index contributed by atoms with van der Waals surface area (Å²) in [5, 5.41) is 2.88. The summed E-state index contributed by atoms with van der Waals surface area (Å²) in [6.45, 7) is 3.25. The van der Waals surface area contributed by atoms with E-state index in [-0.39, 0.29) is 12.0 Å². The lowest BCUT2D eigenvalue weighted by molar-refractivity contribution is -0.121. The highest BCUT2D eigenvalue weighted by Gasteiger charge is 2.16. The molecule has 1 saturated heterocycles. The van der Waals surface area contributed by atoms with Crippen molar-refractivity contribution >= 4 is 5.91 Å². The average molecular weight is 314 g/mol. The molecule has 1 fully saturated rings. The number of aromatic nitrogens is 1. The molecular formula is C18H22N2O3. The molecule has 23 heavy (non-hydrogen) atoms. The van der Waals surface area contributed by atoms with Crippen molar-refractivity contribution in [1.82, 2.24) is 10.3 Å². The van der Waals surface area contributed by atoms with Crippen molar-refractivity contribution in [3.63, 3.8) is 0 Å². The molecule has 0 radical (unpaired) electrons. The summed E-state index contributed by atoms with van der Waals surface area (Å²) >= 11 is 0. The lowest BCUT2D eigenvalue weighted by atomic mass is 10.1. The van der Waals surface area contributed by atoms with E-state index in [1.54, 1.807) is 6.26 Å². The van der Waals surface area contributed by atoms with E-state index in [1.165, 1.54) is 5.56 Å². The third kappa shape index (κ3) is 4.42. The van der Waals surface area contributed by atoms with Gasteiger partial charge in [0.2, 0.25) is 11.8 Å². The Labute approximate surface area is 136 Å². The molecule has 0 aliphatic carbocycles. The van der Waals surface area contributed by atoms with Crippen molar-refractivity contribution in [2.75, 3.05) is 6.61 Å². The van der Waals surface area contributed by atoms with Gasteiger partial charge in [-0.15, -0.1) is 0 Å². The van der Waals surface area contributed by atoms with E-state index in [9.17, 15) is 4.79 Å². The van der Waals surface area contributed by atoms with E-state index in [1.807, 2.05) is 31.2 Å². The Morgan fingerprint density at radius 2 is 2.17 bits per heavy atom. The summed E-state index contributed by atoms with van der Waals surface area (Å²) in [6, 6.07) is 7.99. The van der Waals surface area contributed by atoms with Gasteiger partial charge in [0.15, 0.2) is 0 Å². The molecule has 0 bridgehead atoms. The lowest BCUT2D eigenvalue weighted by Gasteiger charge is -2.08. The van der Waals surface area contributed by atoms with Gasteiger partial charge in [-0.2, -0.15) is 0 Å². The van der Waals surface area contributed by atoms with Crippen molar-refractivity contribution in [2.24, 2.45) is 0 Å². The van der Waals surface area contributed by atoms with Gasteiger partial charge < -0.3 is 14.5 Å². The molecule has 1 atom stereocenters. The molecule has 2 heterocycles. The minimum atomic E-state index is 0.0281. The number of hydrogen-bond donors (Lipinski definition) is 1. The van der Waals surface area contributed by atoms with Crippen LogP contribution in [0.4, 0.5) is 0 Å². The van der Waals surface area contributed by atoms with Crippen LogP contribution in [0.15, 0.2) is 34.9 Å². The highest BCUT2D eigenvalue weighted by atomic mass is 16.5. The zero-order chi connectivity index (χ0) is 16.1. The lowest BCUT2D eigenvalue weighted by Crippen LogP contribution is -2.24. The monoisotopic (exact) mass is 314 g/mol. The molecule has 1 amide bonds. The van der Waals surface area contributed by atoms with E-state index in [0.717, 1.165) is 37.1 Å². The Morgan fingerprint density at radius 3 is 2.91 bits per heavy atom. The van der Waals surface area contributed by atoms with Crippen LogP contribution in [0.2, 0.25) is 0 Å². The number of ether oxygens (including phenoxy) is 1. The molecule has 0 saturated carbocycles. The summed E-state index contributed by atoms with van der Waals surface area (Å²) in [5.41, 5.74) is 2.86. The Bertz CT molecular complexity index is 643. The number of oxazole rings is 1. The fourth-order valence-electron chi connectivity index (χ4n) is 2.66. The number of benzene rings is 1. The maximum atomic E-state index is 11.9. The second kappa shape index (κ2) is 7.42. The summed E-state index contributed by atoms with van der Waals surface area (Å²) in [7, 11) is 0. The van der Waals surface area contributed by atoms with Gasteiger partial charge in [-0.3, -0.25) is 4.79 Å². The number of hydrogen-bond acceptors (Lipinski definition) is 4. The first kappa shape index (κ1) is 15.7. The molecule has 1 unspecified atom stereocenters. The summed E-state index contributed by atoms with van der Waals surface area (Å²) in [6.07, 6.45) is 5.30. The summed E-state index contributed by atoms with van der Waals surface area (Å²) in [4.78, 5) is 16.3. The van der Waals surface area contributed by atoms with E-state index < -0.39 is 0 Å². The number of nitrogens with zero attached hydrogens (tertiary/aromatic N) is 1. The Kier molecular flexibility index (Phi) is 5.08. The van der Waals surface area contributed by atoms with Crippen molar-refractivity contribution < 1.29 is 13.9 Å². The Balaban J connectivity index is 1.47. The van der Waals surface area contributed by atoms with Gasteiger partial charge in [-0.05, 0) is 38.3 Å². The molecule has 3 rings (SSSR count). The zero-order valence-corrected chi connectivity index (χ0v) is 13.4. The molecule has 1 aliphatic heterocycles. The maximum Gasteiger partial charge on any atom is 0.226 e. The van der Waals surface area contributed by atoms with Gasteiger partial charge in [0, 0.05) is 18.6 Å². The first-order chi connectivity index (χ1) is 11.2. The van der Waals surface area contributed by atoms with Crippen molar-refractivity contribution in [3.05, 3.63) is 41.8 Å². The van der Waals surface area contributed by atoms with Crippen molar-refractivity contribution in [3.8, 4) is 11.5 Å². The van der Waals surface area contributed by atoms with Gasteiger partial charge in [-0.1, -0.05) is 17.7 Å². The second-order valence-corrected chi connectivity index (χ2v) is 5.96. The molecule has 1 aromatic carbocycles. The number of nitrogens with one attached hydrogen (secondary N) is 1. The van der Waals surface area contributed by atoms with Crippen LogP contribution in [-0.2, 0) is 16.1 Å². The molecule has 2 aromatic rings. The third-order valence-electron chi connectivity index (χ3n) is 4.03. The van der Waals surface area contributed by atoms with Gasteiger partial charge in [0.1, 0.15) is 6.26 Å². The van der Waals surface area contributed by atoms with Crippen LogP contribution in [0.3, 0.4) is 0 Å². The predicted octanol–water partition coefficient (Wildman–Crippen LogP) is 3.23. The highest BCUT2D eigenvalue weighted by Crippen LogP contribution is 2.19. The number of aryl methyl sites for hydroxylation is 1. The highest BCUT2D eigenvalue weighted by molar-refractivity contribution is 5.75. The zero-order valence-electron chi connectivity index (χ0n) is 13.4. The van der Waals surface area contributed by atoms with Crippen LogP contribution >= 0.6 is 0 Å². The topological polar surface area (TPSA) is 64.4 Å². The molecule has 1 aromatic heterocycles.